The number of aryl methyl sites for hydroxylation is 1. The Hall–Kier alpha value is -2.50. The van der Waals surface area contributed by atoms with Crippen LogP contribution in [-0.4, -0.2) is 12.1 Å². The summed E-state index contributed by atoms with van der Waals surface area (Å²) in [6, 6.07) is 9.86. The van der Waals surface area contributed by atoms with Crippen LogP contribution in [0.3, 0.4) is 0 Å². The van der Waals surface area contributed by atoms with Gasteiger partial charge in [-0.25, -0.2) is 0 Å². The topological polar surface area (TPSA) is 52.3 Å². The number of hydrogen-bond donors (Lipinski definition) is 1. The van der Waals surface area contributed by atoms with Gasteiger partial charge in [0, 0.05) is 11.3 Å². The Labute approximate surface area is 119 Å². The van der Waals surface area contributed by atoms with Crippen LogP contribution < -0.4 is 10.5 Å². The monoisotopic (exact) mass is 295 g/mol. The summed E-state index contributed by atoms with van der Waals surface area (Å²) in [7, 11) is 0. The summed E-state index contributed by atoms with van der Waals surface area (Å²) in [6.07, 6.45) is -4.86. The summed E-state index contributed by atoms with van der Waals surface area (Å²) >= 11 is 0. The van der Waals surface area contributed by atoms with Crippen LogP contribution >= 0.6 is 0 Å². The number of rotatable bonds is 3. The Bertz CT molecular complexity index is 664. The van der Waals surface area contributed by atoms with E-state index in [2.05, 4.69) is 4.74 Å². The second-order valence-electron chi connectivity index (χ2n) is 4.50. The van der Waals surface area contributed by atoms with Crippen molar-refractivity contribution in [3.63, 3.8) is 0 Å². The van der Waals surface area contributed by atoms with Crippen molar-refractivity contribution in [3.05, 3.63) is 59.2 Å². The molecule has 0 fully saturated rings. The number of nitrogens with two attached hydrogens (primary N) is 1. The second-order valence-corrected chi connectivity index (χ2v) is 4.50. The number of ether oxygens (including phenoxy) is 1. The van der Waals surface area contributed by atoms with Crippen LogP contribution in [0.4, 0.5) is 18.9 Å². The molecule has 2 aromatic rings. The predicted molar refractivity (Wildman–Crippen MR) is 72.1 cm³/mol. The number of nitrogen functional groups attached to an aromatic ring is 1. The first-order valence-electron chi connectivity index (χ1n) is 6.03. The van der Waals surface area contributed by atoms with E-state index in [0.29, 0.717) is 11.3 Å². The molecule has 2 rings (SSSR count). The fourth-order valence-electron chi connectivity index (χ4n) is 1.82. The molecule has 110 valence electrons. The van der Waals surface area contributed by atoms with Gasteiger partial charge in [0.25, 0.3) is 0 Å². The molecule has 0 radical (unpaired) electrons. The van der Waals surface area contributed by atoms with Crippen LogP contribution in [0.25, 0.3) is 0 Å². The first-order chi connectivity index (χ1) is 9.76. The molecule has 2 aromatic carbocycles. The first-order valence-corrected chi connectivity index (χ1v) is 6.03. The van der Waals surface area contributed by atoms with Crippen molar-refractivity contribution >= 4 is 11.5 Å². The first kappa shape index (κ1) is 14.9. The quantitative estimate of drug-likeness (QED) is 0.693. The van der Waals surface area contributed by atoms with Crippen molar-refractivity contribution in [3.8, 4) is 5.75 Å². The normalized spacial score (nSPS) is 11.2. The van der Waals surface area contributed by atoms with Crippen molar-refractivity contribution < 1.29 is 22.7 Å². The zero-order valence-corrected chi connectivity index (χ0v) is 11.1. The minimum absolute atomic E-state index is 0.142. The summed E-state index contributed by atoms with van der Waals surface area (Å²) in [5.41, 5.74) is 6.73. The molecule has 0 spiro atoms. The van der Waals surface area contributed by atoms with Gasteiger partial charge >= 0.3 is 6.36 Å². The van der Waals surface area contributed by atoms with Gasteiger partial charge in [-0.3, -0.25) is 4.79 Å². The van der Waals surface area contributed by atoms with Crippen LogP contribution in [0.15, 0.2) is 42.5 Å². The van der Waals surface area contributed by atoms with E-state index in [1.54, 1.807) is 6.92 Å². The van der Waals surface area contributed by atoms with Crippen molar-refractivity contribution in [1.29, 1.82) is 0 Å². The lowest BCUT2D eigenvalue weighted by atomic mass is 10.0. The molecule has 6 heteroatoms. The van der Waals surface area contributed by atoms with Crippen LogP contribution in [0.1, 0.15) is 21.5 Å². The third-order valence-electron chi connectivity index (χ3n) is 2.78. The van der Waals surface area contributed by atoms with E-state index in [0.717, 1.165) is 6.07 Å². The largest absolute Gasteiger partial charge is 0.573 e. The van der Waals surface area contributed by atoms with E-state index in [4.69, 9.17) is 5.73 Å². The van der Waals surface area contributed by atoms with Crippen molar-refractivity contribution in [2.75, 3.05) is 5.73 Å². The van der Waals surface area contributed by atoms with Gasteiger partial charge in [0.15, 0.2) is 5.78 Å². The number of carbonyl (C=O) groups is 1. The molecule has 0 unspecified atom stereocenters. The Balaban J connectivity index is 2.44. The molecular weight excluding hydrogens is 283 g/mol. The lowest BCUT2D eigenvalue weighted by Gasteiger charge is -2.13. The third-order valence-corrected chi connectivity index (χ3v) is 2.78. The number of halogens is 3. The number of anilines is 1. The summed E-state index contributed by atoms with van der Waals surface area (Å²) in [5, 5.41) is 0. The Kier molecular flexibility index (Phi) is 3.88. The zero-order valence-electron chi connectivity index (χ0n) is 11.1. The van der Waals surface area contributed by atoms with E-state index in [-0.39, 0.29) is 11.1 Å². The fourth-order valence-corrected chi connectivity index (χ4v) is 1.82. The van der Waals surface area contributed by atoms with E-state index in [1.165, 1.54) is 36.4 Å². The second kappa shape index (κ2) is 5.47. The van der Waals surface area contributed by atoms with Crippen LogP contribution in [0.2, 0.25) is 0 Å². The van der Waals surface area contributed by atoms with Crippen LogP contribution in [-0.2, 0) is 0 Å². The van der Waals surface area contributed by atoms with Crippen LogP contribution in [0, 0.1) is 6.92 Å². The Morgan fingerprint density at radius 1 is 1.10 bits per heavy atom. The highest BCUT2D eigenvalue weighted by Gasteiger charge is 2.33. The van der Waals surface area contributed by atoms with Crippen molar-refractivity contribution in [2.24, 2.45) is 0 Å². The molecule has 0 atom stereocenters. The summed E-state index contributed by atoms with van der Waals surface area (Å²) < 4.78 is 41.1. The minimum Gasteiger partial charge on any atom is -0.405 e. The fraction of sp³-hybridized carbons (Fsp3) is 0.133. The molecule has 0 saturated heterocycles. The predicted octanol–water partition coefficient (Wildman–Crippen LogP) is 3.71. The molecule has 0 aliphatic rings. The van der Waals surface area contributed by atoms with Gasteiger partial charge in [-0.1, -0.05) is 11.6 Å². The molecule has 2 N–H and O–H groups in total. The minimum atomic E-state index is -4.86. The maximum Gasteiger partial charge on any atom is 0.573 e. The zero-order chi connectivity index (χ0) is 15.6. The summed E-state index contributed by atoms with van der Waals surface area (Å²) in [5.74, 6) is -1.08. The molecule has 0 heterocycles. The SMILES string of the molecule is Cc1ccc(OC(F)(F)F)c(C(=O)c2ccc(N)cc2)c1. The molecule has 0 aromatic heterocycles. The number of benzene rings is 2. The van der Waals surface area contributed by atoms with Crippen molar-refractivity contribution in [1.82, 2.24) is 0 Å². The van der Waals surface area contributed by atoms with E-state index in [1.807, 2.05) is 0 Å². The Morgan fingerprint density at radius 2 is 1.71 bits per heavy atom. The molecular formula is C15H12F3NO2. The highest BCUT2D eigenvalue weighted by molar-refractivity contribution is 6.10. The van der Waals surface area contributed by atoms with Gasteiger partial charge in [0.2, 0.25) is 0 Å². The number of alkyl halides is 3. The molecule has 0 aliphatic heterocycles. The van der Waals surface area contributed by atoms with Gasteiger partial charge in [-0.15, -0.1) is 13.2 Å². The van der Waals surface area contributed by atoms with Gasteiger partial charge in [-0.2, -0.15) is 0 Å². The van der Waals surface area contributed by atoms with E-state index < -0.39 is 17.9 Å². The van der Waals surface area contributed by atoms with Gasteiger partial charge in [0.1, 0.15) is 5.75 Å². The molecule has 0 amide bonds. The summed E-state index contributed by atoms with van der Waals surface area (Å²) in [4.78, 5) is 12.3. The average molecular weight is 295 g/mol. The molecule has 0 saturated carbocycles. The summed E-state index contributed by atoms with van der Waals surface area (Å²) in [6.45, 7) is 1.68. The highest BCUT2D eigenvalue weighted by Crippen LogP contribution is 2.29. The number of hydrogen-bond acceptors (Lipinski definition) is 3. The lowest BCUT2D eigenvalue weighted by molar-refractivity contribution is -0.274. The smallest absolute Gasteiger partial charge is 0.405 e. The van der Waals surface area contributed by atoms with E-state index >= 15 is 0 Å². The molecule has 21 heavy (non-hydrogen) atoms. The maximum absolute atomic E-state index is 12.4. The maximum atomic E-state index is 12.4. The Morgan fingerprint density at radius 3 is 2.29 bits per heavy atom. The highest BCUT2D eigenvalue weighted by atomic mass is 19.4. The standard InChI is InChI=1S/C15H12F3NO2/c1-9-2-7-13(21-15(16,17)18)12(8-9)14(20)10-3-5-11(19)6-4-10/h2-8H,19H2,1H3. The van der Waals surface area contributed by atoms with Gasteiger partial charge < -0.3 is 10.5 Å². The molecule has 0 aliphatic carbocycles. The average Bonchev–Trinajstić information content (AvgIpc) is 2.39. The lowest BCUT2D eigenvalue weighted by Crippen LogP contribution is -2.19. The van der Waals surface area contributed by atoms with Gasteiger partial charge in [0.05, 0.1) is 5.56 Å². The third kappa shape index (κ3) is 3.75. The van der Waals surface area contributed by atoms with Crippen molar-refractivity contribution in [2.45, 2.75) is 13.3 Å². The van der Waals surface area contributed by atoms with Gasteiger partial charge in [-0.05, 0) is 43.3 Å². The number of ketones is 1. The molecule has 3 nitrogen and oxygen atoms in total. The van der Waals surface area contributed by atoms with Crippen LogP contribution in [0.5, 0.6) is 5.75 Å². The number of carbonyl (C=O) groups excluding carboxylic acids is 1. The van der Waals surface area contributed by atoms with E-state index in [9.17, 15) is 18.0 Å². The molecule has 0 bridgehead atoms.